The van der Waals surface area contributed by atoms with Gasteiger partial charge >= 0.3 is 20.9 Å². The minimum Gasteiger partial charge on any atom is -0.348 e. The van der Waals surface area contributed by atoms with Crippen molar-refractivity contribution in [2.24, 2.45) is 0 Å². The van der Waals surface area contributed by atoms with Crippen LogP contribution in [0.1, 0.15) is 18.2 Å². The van der Waals surface area contributed by atoms with E-state index >= 15 is 0 Å². The van der Waals surface area contributed by atoms with Gasteiger partial charge in [-0.2, -0.15) is 0 Å². The van der Waals surface area contributed by atoms with Crippen molar-refractivity contribution >= 4 is 15.2 Å². The predicted octanol–water partition coefficient (Wildman–Crippen LogP) is 1.33. The molecule has 5 unspecified atom stereocenters. The van der Waals surface area contributed by atoms with Gasteiger partial charge in [0.25, 0.3) is 5.56 Å². The number of hydrogen-bond acceptors (Lipinski definition) is 8. The van der Waals surface area contributed by atoms with Gasteiger partial charge in [-0.15, -0.1) is 0 Å². The van der Waals surface area contributed by atoms with Crippen LogP contribution in [0.15, 0.2) is 27.7 Å². The summed E-state index contributed by atoms with van der Waals surface area (Å²) in [6, 6.07) is 0. The smallest absolute Gasteiger partial charge is 0.348 e. The summed E-state index contributed by atoms with van der Waals surface area (Å²) >= 11 is 0. The maximum Gasteiger partial charge on any atom is 0.351 e. The molecule has 1 aromatic rings. The molecule has 0 aliphatic carbocycles. The van der Waals surface area contributed by atoms with Crippen LogP contribution in [0.25, 0.3) is 0 Å². The number of aromatic nitrogens is 2. The highest BCUT2D eigenvalue weighted by molar-refractivity contribution is 7.56. The van der Waals surface area contributed by atoms with Crippen molar-refractivity contribution in [3.8, 4) is 0 Å². The molecule has 27 heavy (non-hydrogen) atoms. The zero-order valence-electron chi connectivity index (χ0n) is 15.2. The number of aryl methyl sites for hydroxylation is 1. The quantitative estimate of drug-likeness (QED) is 0.619. The second-order valence-corrected chi connectivity index (χ2v) is 9.87. The summed E-state index contributed by atoms with van der Waals surface area (Å²) in [7, 11) is -5.06. The summed E-state index contributed by atoms with van der Waals surface area (Å²) in [6.45, 7) is 2.80. The fourth-order valence-electron chi connectivity index (χ4n) is 2.45. The molecule has 1 fully saturated rings. The number of hydrogen-bond donors (Lipinski definition) is 2. The van der Waals surface area contributed by atoms with Crippen LogP contribution in [0.3, 0.4) is 0 Å². The standard InChI is InChI=1S/C14H22N2O9P2/c1-9-8-16(14(18)15-13(9)17)12-7-11(25-26(4,19)22-2)10(24-12)5-6-27(20,21)23-3/h5-6,8,10-12H,7H2,1-4H3,(H,20,21)(H,15,17,18)/b6-5+. The highest BCUT2D eigenvalue weighted by atomic mass is 31.2. The van der Waals surface area contributed by atoms with Gasteiger partial charge in [-0.25, -0.2) is 4.79 Å². The molecule has 0 aromatic carbocycles. The van der Waals surface area contributed by atoms with Crippen molar-refractivity contribution < 1.29 is 32.3 Å². The molecule has 5 atom stereocenters. The number of ether oxygens (including phenoxy) is 1. The van der Waals surface area contributed by atoms with Crippen molar-refractivity contribution in [2.45, 2.75) is 31.8 Å². The van der Waals surface area contributed by atoms with Crippen molar-refractivity contribution in [3.63, 3.8) is 0 Å². The Hall–Kier alpha value is -1.32. The van der Waals surface area contributed by atoms with Crippen LogP contribution in [-0.2, 0) is 27.4 Å². The van der Waals surface area contributed by atoms with Gasteiger partial charge in [0, 0.05) is 44.9 Å². The van der Waals surface area contributed by atoms with E-state index in [1.165, 1.54) is 37.5 Å². The molecule has 0 saturated carbocycles. The monoisotopic (exact) mass is 424 g/mol. The normalized spacial score (nSPS) is 27.5. The molecule has 1 aliphatic rings. The predicted molar refractivity (Wildman–Crippen MR) is 96.0 cm³/mol. The molecule has 11 nitrogen and oxygen atoms in total. The first kappa shape index (κ1) is 22.0. The maximum atomic E-state index is 12.2. The van der Waals surface area contributed by atoms with Crippen LogP contribution in [0, 0.1) is 6.92 Å². The van der Waals surface area contributed by atoms with Gasteiger partial charge in [0.15, 0.2) is 0 Å². The minimum atomic E-state index is -3.96. The molecule has 2 rings (SSSR count). The lowest BCUT2D eigenvalue weighted by molar-refractivity contribution is 0.00653. The second kappa shape index (κ2) is 8.36. The van der Waals surface area contributed by atoms with E-state index in [2.05, 4.69) is 9.51 Å². The number of H-pyrrole nitrogens is 1. The average Bonchev–Trinajstić information content (AvgIpc) is 2.98. The molecule has 1 aromatic heterocycles. The van der Waals surface area contributed by atoms with Crippen molar-refractivity contribution in [1.29, 1.82) is 0 Å². The first-order chi connectivity index (χ1) is 12.5. The van der Waals surface area contributed by atoms with Gasteiger partial charge in [0.2, 0.25) is 0 Å². The third kappa shape index (κ3) is 5.58. The largest absolute Gasteiger partial charge is 0.351 e. The van der Waals surface area contributed by atoms with E-state index in [-0.39, 0.29) is 6.42 Å². The average molecular weight is 424 g/mol. The molecule has 13 heteroatoms. The fraction of sp³-hybridized carbons (Fsp3) is 0.571. The van der Waals surface area contributed by atoms with Gasteiger partial charge in [-0.1, -0.05) is 0 Å². The Balaban J connectivity index is 2.35. The number of nitrogens with zero attached hydrogens (tertiary/aromatic N) is 1. The molecule has 1 aliphatic heterocycles. The number of nitrogens with one attached hydrogen (secondary N) is 1. The molecular weight excluding hydrogens is 402 g/mol. The molecule has 0 spiro atoms. The molecular formula is C14H22N2O9P2. The van der Waals surface area contributed by atoms with E-state index in [0.717, 1.165) is 12.9 Å². The molecule has 2 heterocycles. The Morgan fingerprint density at radius 2 is 2.00 bits per heavy atom. The third-order valence-electron chi connectivity index (χ3n) is 3.95. The van der Waals surface area contributed by atoms with Crippen LogP contribution in [0.5, 0.6) is 0 Å². The van der Waals surface area contributed by atoms with Gasteiger partial charge in [0.1, 0.15) is 18.4 Å². The Morgan fingerprint density at radius 1 is 1.33 bits per heavy atom. The minimum absolute atomic E-state index is 0.0876. The van der Waals surface area contributed by atoms with Crippen LogP contribution >= 0.6 is 15.2 Å². The van der Waals surface area contributed by atoms with E-state index < -0.39 is 44.9 Å². The van der Waals surface area contributed by atoms with E-state index in [1.54, 1.807) is 0 Å². The first-order valence-electron chi connectivity index (χ1n) is 7.85. The summed E-state index contributed by atoms with van der Waals surface area (Å²) < 4.78 is 45.5. The molecule has 0 amide bonds. The van der Waals surface area contributed by atoms with E-state index in [4.69, 9.17) is 13.8 Å². The summed E-state index contributed by atoms with van der Waals surface area (Å²) in [5.74, 6) is 0.921. The SMILES string of the molecule is COP(=O)(O)/C=C/C1OC(n2cc(C)c(=O)[nH]c2=O)CC1OP(C)(=O)OC. The lowest BCUT2D eigenvalue weighted by Crippen LogP contribution is -2.33. The summed E-state index contributed by atoms with van der Waals surface area (Å²) in [5, 5.41) is 0. The summed E-state index contributed by atoms with van der Waals surface area (Å²) in [4.78, 5) is 35.3. The van der Waals surface area contributed by atoms with Gasteiger partial charge in [0.05, 0.1) is 0 Å². The Kier molecular flexibility index (Phi) is 6.81. The maximum absolute atomic E-state index is 12.2. The van der Waals surface area contributed by atoms with Crippen LogP contribution in [0.4, 0.5) is 0 Å². The van der Waals surface area contributed by atoms with Crippen molar-refractivity contribution in [3.05, 3.63) is 44.5 Å². The topological polar surface area (TPSA) is 146 Å². The van der Waals surface area contributed by atoms with Gasteiger partial charge in [-0.3, -0.25) is 23.5 Å². The molecule has 2 N–H and O–H groups in total. The van der Waals surface area contributed by atoms with Gasteiger partial charge in [-0.05, 0) is 13.0 Å². The highest BCUT2D eigenvalue weighted by Crippen LogP contribution is 2.49. The molecule has 0 radical (unpaired) electrons. The van der Waals surface area contributed by atoms with Crippen LogP contribution in [0.2, 0.25) is 0 Å². The van der Waals surface area contributed by atoms with E-state index in [0.29, 0.717) is 5.56 Å². The third-order valence-corrected chi connectivity index (χ3v) is 6.34. The zero-order chi connectivity index (χ0) is 20.4. The lowest BCUT2D eigenvalue weighted by Gasteiger charge is -2.19. The van der Waals surface area contributed by atoms with Crippen molar-refractivity contribution in [1.82, 2.24) is 9.55 Å². The fourth-order valence-corrected chi connectivity index (χ4v) is 3.75. The molecule has 0 bridgehead atoms. The Bertz CT molecular complexity index is 922. The Labute approximate surface area is 155 Å². The molecule has 152 valence electrons. The Morgan fingerprint density at radius 3 is 2.59 bits per heavy atom. The van der Waals surface area contributed by atoms with Crippen LogP contribution in [-0.4, -0.2) is 47.5 Å². The zero-order valence-corrected chi connectivity index (χ0v) is 17.0. The summed E-state index contributed by atoms with van der Waals surface area (Å²) in [5.41, 5.74) is -0.903. The van der Waals surface area contributed by atoms with Crippen LogP contribution < -0.4 is 11.2 Å². The number of rotatable bonds is 7. The number of aromatic amines is 1. The van der Waals surface area contributed by atoms with Gasteiger partial charge < -0.3 is 23.2 Å². The van der Waals surface area contributed by atoms with E-state index in [9.17, 15) is 23.6 Å². The molecule has 1 saturated heterocycles. The highest BCUT2D eigenvalue weighted by Gasteiger charge is 2.39. The lowest BCUT2D eigenvalue weighted by atomic mass is 10.2. The first-order valence-corrected chi connectivity index (χ1v) is 11.5. The summed E-state index contributed by atoms with van der Waals surface area (Å²) in [6.07, 6.45) is 0.0675. The van der Waals surface area contributed by atoms with Crippen molar-refractivity contribution in [2.75, 3.05) is 20.9 Å². The second-order valence-electron chi connectivity index (χ2n) is 5.96. The van der Waals surface area contributed by atoms with E-state index in [1.807, 2.05) is 0 Å².